The van der Waals surface area contributed by atoms with Gasteiger partial charge in [-0.3, -0.25) is 19.4 Å². The van der Waals surface area contributed by atoms with E-state index in [0.717, 1.165) is 30.8 Å². The second kappa shape index (κ2) is 13.2. The van der Waals surface area contributed by atoms with Crippen LogP contribution in [0.1, 0.15) is 32.4 Å². The van der Waals surface area contributed by atoms with Gasteiger partial charge in [0.15, 0.2) is 12.2 Å². The molecule has 0 N–H and O–H groups in total. The van der Waals surface area contributed by atoms with Crippen molar-refractivity contribution in [3.63, 3.8) is 0 Å². The molecule has 3 aromatic rings. The van der Waals surface area contributed by atoms with Crippen LogP contribution >= 0.6 is 23.4 Å². The lowest BCUT2D eigenvalue weighted by atomic mass is 9.96. The quantitative estimate of drug-likeness (QED) is 0.266. The number of aromatic nitrogens is 4. The highest BCUT2D eigenvalue weighted by Crippen LogP contribution is 2.41. The summed E-state index contributed by atoms with van der Waals surface area (Å²) in [4.78, 5) is 40.7. The molecule has 220 valence electrons. The Hall–Kier alpha value is -4.13. The van der Waals surface area contributed by atoms with Crippen LogP contribution in [0.3, 0.4) is 0 Å². The van der Waals surface area contributed by atoms with Crippen LogP contribution in [0, 0.1) is 23.0 Å². The van der Waals surface area contributed by atoms with Crippen LogP contribution in [0.4, 0.5) is 8.78 Å². The number of benzene rings is 1. The predicted octanol–water partition coefficient (Wildman–Crippen LogP) is 3.63. The van der Waals surface area contributed by atoms with E-state index in [9.17, 15) is 23.2 Å². The molecule has 1 aromatic carbocycles. The SMILES string of the molecule is CC(=O)OC[C@H]1O[C@H](Sc2cncc(Cl)c2)[C@H](OC(C)=O)[C@@H](n2cc(-c3cc(F)c(C#N)c(F)c3)nn2)[C@H]1OC(C)=O. The van der Waals surface area contributed by atoms with Gasteiger partial charge in [0.05, 0.1) is 11.2 Å². The molecule has 3 heterocycles. The van der Waals surface area contributed by atoms with Crippen LogP contribution in [0.15, 0.2) is 41.7 Å². The van der Waals surface area contributed by atoms with Crippen molar-refractivity contribution in [1.82, 2.24) is 20.0 Å². The highest BCUT2D eigenvalue weighted by Gasteiger charge is 2.52. The van der Waals surface area contributed by atoms with Crippen LogP contribution in [0.2, 0.25) is 5.02 Å². The van der Waals surface area contributed by atoms with Gasteiger partial charge in [0.2, 0.25) is 0 Å². The van der Waals surface area contributed by atoms with Gasteiger partial charge < -0.3 is 18.9 Å². The van der Waals surface area contributed by atoms with E-state index in [-0.39, 0.29) is 17.9 Å². The first kappa shape index (κ1) is 30.8. The molecule has 0 amide bonds. The molecule has 0 aliphatic carbocycles. The average Bonchev–Trinajstić information content (AvgIpc) is 3.38. The molecule has 42 heavy (non-hydrogen) atoms. The van der Waals surface area contributed by atoms with Crippen LogP contribution in [0.25, 0.3) is 11.3 Å². The summed E-state index contributed by atoms with van der Waals surface area (Å²) >= 11 is 7.17. The van der Waals surface area contributed by atoms with E-state index in [1.54, 1.807) is 6.07 Å². The number of thioether (sulfide) groups is 1. The van der Waals surface area contributed by atoms with Crippen molar-refractivity contribution < 1.29 is 42.1 Å². The molecular weight excluding hydrogens is 600 g/mol. The molecule has 1 saturated heterocycles. The minimum absolute atomic E-state index is 0.00767. The lowest BCUT2D eigenvalue weighted by molar-refractivity contribution is -0.212. The zero-order chi connectivity index (χ0) is 30.6. The molecule has 4 rings (SSSR count). The van der Waals surface area contributed by atoms with Gasteiger partial charge in [-0.05, 0) is 18.2 Å². The Morgan fingerprint density at radius 2 is 1.74 bits per heavy atom. The molecule has 0 bridgehead atoms. The van der Waals surface area contributed by atoms with Gasteiger partial charge in [-0.2, -0.15) is 5.26 Å². The third-order valence-corrected chi connectivity index (χ3v) is 7.18. The van der Waals surface area contributed by atoms with Gasteiger partial charge in [-0.15, -0.1) is 5.10 Å². The molecule has 12 nitrogen and oxygen atoms in total. The summed E-state index contributed by atoms with van der Waals surface area (Å²) in [5, 5.41) is 17.4. The Bertz CT molecular complexity index is 1530. The number of esters is 3. The molecule has 1 aliphatic heterocycles. The molecule has 0 spiro atoms. The fourth-order valence-electron chi connectivity index (χ4n) is 4.25. The monoisotopic (exact) mass is 621 g/mol. The highest BCUT2D eigenvalue weighted by atomic mass is 35.5. The Kier molecular flexibility index (Phi) is 9.71. The molecule has 16 heteroatoms. The molecule has 0 saturated carbocycles. The maximum atomic E-state index is 14.3. The van der Waals surface area contributed by atoms with E-state index in [0.29, 0.717) is 9.92 Å². The third kappa shape index (κ3) is 7.19. The minimum atomic E-state index is -1.25. The first-order chi connectivity index (χ1) is 20.0. The number of carbonyl (C=O) groups is 3. The Morgan fingerprint density at radius 3 is 2.33 bits per heavy atom. The number of hydrogen-bond donors (Lipinski definition) is 0. The Morgan fingerprint density at radius 1 is 1.07 bits per heavy atom. The molecule has 1 aliphatic rings. The van der Waals surface area contributed by atoms with Crippen molar-refractivity contribution in [1.29, 1.82) is 5.26 Å². The lowest BCUT2D eigenvalue weighted by Crippen LogP contribution is -2.57. The summed E-state index contributed by atoms with van der Waals surface area (Å²) < 4.78 is 52.5. The van der Waals surface area contributed by atoms with Crippen molar-refractivity contribution in [2.45, 2.75) is 55.5 Å². The van der Waals surface area contributed by atoms with Gasteiger partial charge in [-0.25, -0.2) is 13.5 Å². The second-order valence-corrected chi connectivity index (χ2v) is 10.6. The van der Waals surface area contributed by atoms with E-state index in [2.05, 4.69) is 15.3 Å². The van der Waals surface area contributed by atoms with Crippen LogP contribution in [0.5, 0.6) is 0 Å². The number of nitrogens with zero attached hydrogens (tertiary/aromatic N) is 5. The van der Waals surface area contributed by atoms with E-state index < -0.39 is 64.9 Å². The van der Waals surface area contributed by atoms with Crippen molar-refractivity contribution >= 4 is 41.3 Å². The zero-order valence-corrected chi connectivity index (χ0v) is 23.8. The number of halogens is 3. The maximum Gasteiger partial charge on any atom is 0.303 e. The standard InChI is InChI=1S/C26H22ClF2N5O7S/c1-12(35)38-11-22-24(39-13(2)36)23(25(40-14(3)37)26(41-22)42-17-6-16(27)8-31-9-17)34-10-21(32-33-34)15-4-19(28)18(7-30)20(29)5-15/h4-6,8-10,22-26H,11H2,1-3H3/t22-,23+,24+,25-,26-/m1/s1. The smallest absolute Gasteiger partial charge is 0.303 e. The number of ether oxygens (including phenoxy) is 4. The number of nitriles is 1. The summed E-state index contributed by atoms with van der Waals surface area (Å²) in [6.07, 6.45) is 0.690. The van der Waals surface area contributed by atoms with Crippen molar-refractivity contribution in [3.8, 4) is 17.3 Å². The normalized spacial score (nSPS) is 21.7. The first-order valence-corrected chi connectivity index (χ1v) is 13.4. The third-order valence-electron chi connectivity index (χ3n) is 5.87. The molecule has 1 fully saturated rings. The van der Waals surface area contributed by atoms with Crippen LogP contribution in [-0.2, 0) is 33.3 Å². The number of rotatable bonds is 8. The fraction of sp³-hybridized carbons (Fsp3) is 0.346. The van der Waals surface area contributed by atoms with Crippen molar-refractivity contribution in [3.05, 3.63) is 59.0 Å². The highest BCUT2D eigenvalue weighted by molar-refractivity contribution is 7.99. The maximum absolute atomic E-state index is 14.3. The Balaban J connectivity index is 1.82. The fourth-order valence-corrected chi connectivity index (χ4v) is 5.62. The summed E-state index contributed by atoms with van der Waals surface area (Å²) in [7, 11) is 0. The van der Waals surface area contributed by atoms with E-state index in [4.69, 9.17) is 35.8 Å². The van der Waals surface area contributed by atoms with Gasteiger partial charge in [-0.1, -0.05) is 28.6 Å². The summed E-state index contributed by atoms with van der Waals surface area (Å²) in [6.45, 7) is 3.15. The largest absolute Gasteiger partial charge is 0.463 e. The predicted molar refractivity (Wildman–Crippen MR) is 141 cm³/mol. The number of carbonyl (C=O) groups excluding carboxylic acids is 3. The number of hydrogen-bond acceptors (Lipinski definition) is 12. The summed E-state index contributed by atoms with van der Waals surface area (Å²) in [5.74, 6) is -4.27. The average molecular weight is 622 g/mol. The van der Waals surface area contributed by atoms with Gasteiger partial charge in [0.1, 0.15) is 53.1 Å². The van der Waals surface area contributed by atoms with E-state index in [1.165, 1.54) is 43.2 Å². The molecular formula is C26H22ClF2N5O7S. The second-order valence-electron chi connectivity index (χ2n) is 8.95. The zero-order valence-electron chi connectivity index (χ0n) is 22.2. The van der Waals surface area contributed by atoms with E-state index in [1.807, 2.05) is 0 Å². The molecule has 0 radical (unpaired) electrons. The van der Waals surface area contributed by atoms with Gasteiger partial charge in [0.25, 0.3) is 0 Å². The Labute approximate surface area is 246 Å². The first-order valence-electron chi connectivity index (χ1n) is 12.2. The summed E-state index contributed by atoms with van der Waals surface area (Å²) in [5.41, 5.74) is -1.82. The summed E-state index contributed by atoms with van der Waals surface area (Å²) in [6, 6.07) is 3.75. The topological polar surface area (TPSA) is 156 Å². The van der Waals surface area contributed by atoms with Gasteiger partial charge in [0, 0.05) is 43.6 Å². The minimum Gasteiger partial charge on any atom is -0.463 e. The van der Waals surface area contributed by atoms with Crippen LogP contribution in [-0.4, -0.2) is 68.2 Å². The molecule has 5 atom stereocenters. The van der Waals surface area contributed by atoms with E-state index >= 15 is 0 Å². The lowest BCUT2D eigenvalue weighted by Gasteiger charge is -2.44. The van der Waals surface area contributed by atoms with Crippen LogP contribution < -0.4 is 0 Å². The van der Waals surface area contributed by atoms with Crippen molar-refractivity contribution in [2.75, 3.05) is 6.61 Å². The molecule has 0 unspecified atom stereocenters. The van der Waals surface area contributed by atoms with Crippen molar-refractivity contribution in [2.24, 2.45) is 0 Å². The molecule has 2 aromatic heterocycles. The number of pyridine rings is 1. The van der Waals surface area contributed by atoms with Gasteiger partial charge >= 0.3 is 17.9 Å².